The zero-order chi connectivity index (χ0) is 20.7. The van der Waals surface area contributed by atoms with Gasteiger partial charge in [-0.15, -0.1) is 0 Å². The Morgan fingerprint density at radius 1 is 1.07 bits per heavy atom. The molecule has 7 nitrogen and oxygen atoms in total. The van der Waals surface area contributed by atoms with Crippen molar-refractivity contribution in [3.8, 4) is 0 Å². The molecule has 0 aliphatic heterocycles. The Balaban J connectivity index is 4.25. The number of unbranched alkanes of at least 4 members (excludes halogenated alkanes) is 1. The molecule has 0 aromatic rings. The fraction of sp³-hybridized carbons (Fsp3) is 0.550. The largest absolute Gasteiger partial charge is 0.370 e. The van der Waals surface area contributed by atoms with Crippen LogP contribution in [0.2, 0.25) is 0 Å². The smallest absolute Gasteiger partial charge is 0.253 e. The van der Waals surface area contributed by atoms with E-state index in [4.69, 9.17) is 17.2 Å². The first-order valence-electron chi connectivity index (χ1n) is 9.37. The average molecular weight is 377 g/mol. The Labute approximate surface area is 163 Å². The second-order valence-electron chi connectivity index (χ2n) is 6.81. The molecule has 0 saturated heterocycles. The molecular weight excluding hydrogens is 340 g/mol. The predicted molar refractivity (Wildman–Crippen MR) is 115 cm³/mol. The number of hydrogen-bond donors (Lipinski definition) is 4. The predicted octanol–water partition coefficient (Wildman–Crippen LogP) is 2.36. The Morgan fingerprint density at radius 3 is 2.30 bits per heavy atom. The SMILES string of the molecule is CC(C)=CCC[C@H](C)/C=C/C=C(\C)C(=O)NC(N)=NCCCCN=C(N)N. The maximum Gasteiger partial charge on any atom is 0.253 e. The van der Waals surface area contributed by atoms with E-state index >= 15 is 0 Å². The summed E-state index contributed by atoms with van der Waals surface area (Å²) in [4.78, 5) is 20.1. The van der Waals surface area contributed by atoms with Crippen LogP contribution in [0.3, 0.4) is 0 Å². The summed E-state index contributed by atoms with van der Waals surface area (Å²) in [6, 6.07) is 0. The van der Waals surface area contributed by atoms with Crippen LogP contribution in [0.5, 0.6) is 0 Å². The van der Waals surface area contributed by atoms with Crippen LogP contribution in [-0.4, -0.2) is 30.9 Å². The van der Waals surface area contributed by atoms with Gasteiger partial charge in [-0.2, -0.15) is 0 Å². The van der Waals surface area contributed by atoms with E-state index in [1.54, 1.807) is 13.0 Å². The van der Waals surface area contributed by atoms with E-state index in [0.29, 0.717) is 24.6 Å². The monoisotopic (exact) mass is 376 g/mol. The summed E-state index contributed by atoms with van der Waals surface area (Å²) < 4.78 is 0. The number of amides is 1. The number of nitrogens with two attached hydrogens (primary N) is 3. The summed E-state index contributed by atoms with van der Waals surface area (Å²) in [5, 5.41) is 2.59. The van der Waals surface area contributed by atoms with Crippen LogP contribution in [0.25, 0.3) is 0 Å². The number of carbonyl (C=O) groups excluding carboxylic acids is 1. The zero-order valence-corrected chi connectivity index (χ0v) is 17.2. The fourth-order valence-corrected chi connectivity index (χ4v) is 2.08. The van der Waals surface area contributed by atoms with E-state index in [0.717, 1.165) is 25.7 Å². The highest BCUT2D eigenvalue weighted by molar-refractivity contribution is 6.04. The van der Waals surface area contributed by atoms with E-state index in [1.807, 2.05) is 6.08 Å². The van der Waals surface area contributed by atoms with Crippen LogP contribution >= 0.6 is 0 Å². The third-order valence-corrected chi connectivity index (χ3v) is 3.70. The van der Waals surface area contributed by atoms with Crippen molar-refractivity contribution in [1.82, 2.24) is 5.32 Å². The van der Waals surface area contributed by atoms with Gasteiger partial charge < -0.3 is 17.2 Å². The van der Waals surface area contributed by atoms with Gasteiger partial charge >= 0.3 is 0 Å². The van der Waals surface area contributed by atoms with Gasteiger partial charge in [0.15, 0.2) is 11.9 Å². The number of allylic oxidation sites excluding steroid dienone is 5. The van der Waals surface area contributed by atoms with Gasteiger partial charge in [0.1, 0.15) is 0 Å². The minimum absolute atomic E-state index is 0.0869. The lowest BCUT2D eigenvalue weighted by Crippen LogP contribution is -2.37. The minimum atomic E-state index is -0.251. The van der Waals surface area contributed by atoms with Crippen LogP contribution in [0.4, 0.5) is 0 Å². The molecule has 0 heterocycles. The van der Waals surface area contributed by atoms with Crippen molar-refractivity contribution in [2.45, 2.75) is 53.4 Å². The summed E-state index contributed by atoms with van der Waals surface area (Å²) in [7, 11) is 0. The maximum atomic E-state index is 12.1. The second-order valence-corrected chi connectivity index (χ2v) is 6.81. The first-order chi connectivity index (χ1) is 12.7. The lowest BCUT2D eigenvalue weighted by atomic mass is 10.0. The molecule has 0 radical (unpaired) electrons. The van der Waals surface area contributed by atoms with Gasteiger partial charge in [-0.1, -0.05) is 36.8 Å². The van der Waals surface area contributed by atoms with Crippen LogP contribution in [-0.2, 0) is 4.79 Å². The van der Waals surface area contributed by atoms with Crippen LogP contribution < -0.4 is 22.5 Å². The summed E-state index contributed by atoms with van der Waals surface area (Å²) in [6.07, 6.45) is 11.8. The van der Waals surface area contributed by atoms with Gasteiger partial charge in [-0.3, -0.25) is 20.1 Å². The number of hydrogen-bond acceptors (Lipinski definition) is 3. The number of rotatable bonds is 11. The number of aliphatic imine (C=N–C) groups is 2. The van der Waals surface area contributed by atoms with Crippen molar-refractivity contribution in [2.24, 2.45) is 33.1 Å². The third-order valence-electron chi connectivity index (χ3n) is 3.70. The molecule has 1 atom stereocenters. The highest BCUT2D eigenvalue weighted by Gasteiger charge is 2.04. The van der Waals surface area contributed by atoms with E-state index in [9.17, 15) is 4.79 Å². The topological polar surface area (TPSA) is 132 Å². The molecule has 0 saturated carbocycles. The fourth-order valence-electron chi connectivity index (χ4n) is 2.08. The van der Waals surface area contributed by atoms with Crippen LogP contribution in [0, 0.1) is 5.92 Å². The number of nitrogens with zero attached hydrogens (tertiary/aromatic N) is 2. The Morgan fingerprint density at radius 2 is 1.70 bits per heavy atom. The summed E-state index contributed by atoms with van der Waals surface area (Å²) in [6.45, 7) is 9.19. The zero-order valence-electron chi connectivity index (χ0n) is 17.2. The number of nitrogens with one attached hydrogen (secondary N) is 1. The molecule has 152 valence electrons. The van der Waals surface area contributed by atoms with Crippen LogP contribution in [0.15, 0.2) is 45.4 Å². The van der Waals surface area contributed by atoms with E-state index in [1.165, 1.54) is 5.57 Å². The molecule has 0 bridgehead atoms. The first kappa shape index (κ1) is 24.4. The minimum Gasteiger partial charge on any atom is -0.370 e. The van der Waals surface area contributed by atoms with Crippen LogP contribution in [0.1, 0.15) is 53.4 Å². The van der Waals surface area contributed by atoms with Crippen molar-refractivity contribution < 1.29 is 4.79 Å². The average Bonchev–Trinajstić information content (AvgIpc) is 2.57. The molecule has 7 N–H and O–H groups in total. The highest BCUT2D eigenvalue weighted by Crippen LogP contribution is 2.09. The van der Waals surface area contributed by atoms with Gasteiger partial charge in [0, 0.05) is 18.7 Å². The molecule has 0 fully saturated rings. The lowest BCUT2D eigenvalue weighted by molar-refractivity contribution is -0.116. The second kappa shape index (κ2) is 14.6. The maximum absolute atomic E-state index is 12.1. The molecule has 7 heteroatoms. The van der Waals surface area contributed by atoms with Crippen molar-refractivity contribution in [1.29, 1.82) is 0 Å². The standard InChI is InChI=1S/C20H36N6O/c1-15(2)9-7-10-16(3)11-8-12-17(4)18(27)26-20(23)25-14-6-5-13-24-19(21)22/h8-9,11-12,16H,5-7,10,13-14H2,1-4H3,(H4,21,22,24)(H3,23,25,26,27)/b11-8+,17-12+/t16-/m0/s1. The molecule has 0 aliphatic carbocycles. The highest BCUT2D eigenvalue weighted by atomic mass is 16.1. The Bertz CT molecular complexity index is 594. The van der Waals surface area contributed by atoms with Crippen molar-refractivity contribution in [3.63, 3.8) is 0 Å². The molecular formula is C20H36N6O. The van der Waals surface area contributed by atoms with Crippen molar-refractivity contribution >= 4 is 17.8 Å². The van der Waals surface area contributed by atoms with E-state index in [-0.39, 0.29) is 17.8 Å². The van der Waals surface area contributed by atoms with Gasteiger partial charge in [0.25, 0.3) is 5.91 Å². The molecule has 27 heavy (non-hydrogen) atoms. The quantitative estimate of drug-likeness (QED) is 0.110. The summed E-state index contributed by atoms with van der Waals surface area (Å²) in [5.74, 6) is 0.412. The van der Waals surface area contributed by atoms with Gasteiger partial charge in [0.05, 0.1) is 0 Å². The Hall–Kier alpha value is -2.57. The van der Waals surface area contributed by atoms with E-state index in [2.05, 4.69) is 48.2 Å². The molecule has 1 amide bonds. The van der Waals surface area contributed by atoms with Gasteiger partial charge in [0.2, 0.25) is 0 Å². The molecule has 0 unspecified atom stereocenters. The van der Waals surface area contributed by atoms with Crippen molar-refractivity contribution in [2.75, 3.05) is 13.1 Å². The number of carbonyl (C=O) groups is 1. The molecule has 0 aromatic heterocycles. The number of guanidine groups is 2. The molecule has 0 spiro atoms. The van der Waals surface area contributed by atoms with E-state index < -0.39 is 0 Å². The molecule has 0 aliphatic rings. The van der Waals surface area contributed by atoms with Gasteiger partial charge in [-0.25, -0.2) is 0 Å². The lowest BCUT2D eigenvalue weighted by Gasteiger charge is -2.05. The normalized spacial score (nSPS) is 13.3. The van der Waals surface area contributed by atoms with Crippen molar-refractivity contribution in [3.05, 3.63) is 35.5 Å². The molecule has 0 rings (SSSR count). The Kier molecular flexibility index (Phi) is 13.2. The first-order valence-corrected chi connectivity index (χ1v) is 9.37. The summed E-state index contributed by atoms with van der Waals surface area (Å²) >= 11 is 0. The molecule has 0 aromatic carbocycles. The third kappa shape index (κ3) is 15.4. The summed E-state index contributed by atoms with van der Waals surface area (Å²) in [5.41, 5.74) is 18.1. The van der Waals surface area contributed by atoms with Gasteiger partial charge in [-0.05, 0) is 52.4 Å².